The Labute approximate surface area is 182 Å². The van der Waals surface area contributed by atoms with Crippen molar-refractivity contribution in [3.63, 3.8) is 0 Å². The highest BCUT2D eigenvalue weighted by Gasteiger charge is 2.26. The van der Waals surface area contributed by atoms with Crippen LogP contribution in [0.15, 0.2) is 71.6 Å². The van der Waals surface area contributed by atoms with Crippen LogP contribution < -0.4 is 14.4 Å². The minimum absolute atomic E-state index is 0.0431. The van der Waals surface area contributed by atoms with Gasteiger partial charge in [0.25, 0.3) is 5.91 Å². The molecule has 6 nitrogen and oxygen atoms in total. The standard InChI is InChI=1S/C24H24N2O4S/c1-17-4-3-5-20(14-17)24(27)26-13-12-19-7-6-18(15-23(19)26)16-25-31(28,29)22-10-8-21(30-2)9-11-22/h3-11,14-15,25H,12-13,16H2,1-2H3. The molecule has 31 heavy (non-hydrogen) atoms. The summed E-state index contributed by atoms with van der Waals surface area (Å²) >= 11 is 0. The SMILES string of the molecule is COc1ccc(S(=O)(=O)NCc2ccc3c(c2)N(C(=O)c2cccc(C)c2)CC3)cc1. The van der Waals surface area contributed by atoms with Crippen LogP contribution in [0.5, 0.6) is 5.75 Å². The number of ether oxygens (including phenoxy) is 1. The number of benzene rings is 3. The zero-order valence-corrected chi connectivity index (χ0v) is 18.3. The Morgan fingerprint density at radius 1 is 1.06 bits per heavy atom. The van der Waals surface area contributed by atoms with Crippen molar-refractivity contribution in [3.8, 4) is 5.75 Å². The summed E-state index contributed by atoms with van der Waals surface area (Å²) in [5.74, 6) is 0.550. The van der Waals surface area contributed by atoms with E-state index in [1.54, 1.807) is 17.0 Å². The maximum Gasteiger partial charge on any atom is 0.258 e. The maximum atomic E-state index is 13.0. The molecule has 0 saturated heterocycles. The van der Waals surface area contributed by atoms with Crippen molar-refractivity contribution in [1.29, 1.82) is 0 Å². The monoisotopic (exact) mass is 436 g/mol. The molecule has 0 unspecified atom stereocenters. The second kappa shape index (κ2) is 8.53. The lowest BCUT2D eigenvalue weighted by atomic mass is 10.1. The predicted molar refractivity (Wildman–Crippen MR) is 120 cm³/mol. The first-order valence-corrected chi connectivity index (χ1v) is 11.5. The largest absolute Gasteiger partial charge is 0.497 e. The molecule has 0 atom stereocenters. The third kappa shape index (κ3) is 4.47. The molecule has 3 aromatic rings. The number of fused-ring (bicyclic) bond motifs is 1. The summed E-state index contributed by atoms with van der Waals surface area (Å²) in [5, 5.41) is 0. The lowest BCUT2D eigenvalue weighted by Gasteiger charge is -2.18. The Hall–Kier alpha value is -3.16. The minimum Gasteiger partial charge on any atom is -0.497 e. The van der Waals surface area contributed by atoms with E-state index in [4.69, 9.17) is 4.74 Å². The fraction of sp³-hybridized carbons (Fsp3) is 0.208. The smallest absolute Gasteiger partial charge is 0.258 e. The first kappa shape index (κ1) is 21.1. The number of amides is 1. The van der Waals surface area contributed by atoms with Crippen molar-refractivity contribution < 1.29 is 17.9 Å². The highest BCUT2D eigenvalue weighted by molar-refractivity contribution is 7.89. The molecular formula is C24H24N2O4S. The van der Waals surface area contributed by atoms with Crippen molar-refractivity contribution in [2.75, 3.05) is 18.6 Å². The molecule has 7 heteroatoms. The van der Waals surface area contributed by atoms with Gasteiger partial charge in [-0.3, -0.25) is 4.79 Å². The van der Waals surface area contributed by atoms with Crippen LogP contribution in [0.4, 0.5) is 5.69 Å². The van der Waals surface area contributed by atoms with Gasteiger partial charge in [-0.15, -0.1) is 0 Å². The molecule has 0 fully saturated rings. The summed E-state index contributed by atoms with van der Waals surface area (Å²) in [7, 11) is -2.13. The number of nitrogens with one attached hydrogen (secondary N) is 1. The third-order valence-electron chi connectivity index (χ3n) is 5.39. The number of carbonyl (C=O) groups is 1. The Kier molecular flexibility index (Phi) is 5.80. The molecule has 1 N–H and O–H groups in total. The second-order valence-corrected chi connectivity index (χ2v) is 9.31. The van der Waals surface area contributed by atoms with Crippen molar-refractivity contribution in [3.05, 3.63) is 89.0 Å². The minimum atomic E-state index is -3.66. The summed E-state index contributed by atoms with van der Waals surface area (Å²) < 4.78 is 32.9. The van der Waals surface area contributed by atoms with Crippen LogP contribution in [-0.2, 0) is 23.0 Å². The van der Waals surface area contributed by atoms with Gasteiger partial charge in [0, 0.05) is 24.3 Å². The Morgan fingerprint density at radius 3 is 2.55 bits per heavy atom. The number of rotatable bonds is 6. The van der Waals surface area contributed by atoms with Crippen LogP contribution >= 0.6 is 0 Å². The van der Waals surface area contributed by atoms with Crippen LogP contribution in [0.2, 0.25) is 0 Å². The third-order valence-corrected chi connectivity index (χ3v) is 6.81. The van der Waals surface area contributed by atoms with E-state index >= 15 is 0 Å². The van der Waals surface area contributed by atoms with Crippen molar-refractivity contribution >= 4 is 21.6 Å². The summed E-state index contributed by atoms with van der Waals surface area (Å²) in [6, 6.07) is 19.5. The molecule has 0 bridgehead atoms. The van der Waals surface area contributed by atoms with E-state index in [1.807, 2.05) is 49.4 Å². The zero-order valence-electron chi connectivity index (χ0n) is 17.5. The van der Waals surface area contributed by atoms with E-state index in [9.17, 15) is 13.2 Å². The number of anilines is 1. The van der Waals surface area contributed by atoms with Crippen LogP contribution in [0.25, 0.3) is 0 Å². The number of nitrogens with zero attached hydrogens (tertiary/aromatic N) is 1. The van der Waals surface area contributed by atoms with Crippen LogP contribution in [-0.4, -0.2) is 28.0 Å². The van der Waals surface area contributed by atoms with Crippen LogP contribution in [0.1, 0.15) is 27.0 Å². The fourth-order valence-electron chi connectivity index (χ4n) is 3.70. The first-order chi connectivity index (χ1) is 14.9. The molecule has 0 aromatic heterocycles. The van der Waals surface area contributed by atoms with Gasteiger partial charge in [-0.1, -0.05) is 29.8 Å². The molecule has 160 valence electrons. The van der Waals surface area contributed by atoms with Crippen molar-refractivity contribution in [1.82, 2.24) is 4.72 Å². The molecule has 0 spiro atoms. The van der Waals surface area contributed by atoms with Crippen molar-refractivity contribution in [2.24, 2.45) is 0 Å². The van der Waals surface area contributed by atoms with Gasteiger partial charge in [-0.05, 0) is 66.9 Å². The molecule has 4 rings (SSSR count). The van der Waals surface area contributed by atoms with Crippen molar-refractivity contribution in [2.45, 2.75) is 24.8 Å². The van der Waals surface area contributed by atoms with E-state index < -0.39 is 10.0 Å². The molecule has 3 aromatic carbocycles. The Bertz CT molecular complexity index is 1220. The summed E-state index contributed by atoms with van der Waals surface area (Å²) in [5.41, 5.74) is 4.40. The lowest BCUT2D eigenvalue weighted by Crippen LogP contribution is -2.29. The highest BCUT2D eigenvalue weighted by Crippen LogP contribution is 2.30. The molecule has 0 radical (unpaired) electrons. The van der Waals surface area contributed by atoms with E-state index in [-0.39, 0.29) is 17.3 Å². The molecule has 1 aliphatic heterocycles. The van der Waals surface area contributed by atoms with Gasteiger partial charge in [0.2, 0.25) is 10.0 Å². The molecule has 0 saturated carbocycles. The fourth-order valence-corrected chi connectivity index (χ4v) is 4.71. The van der Waals surface area contributed by atoms with Gasteiger partial charge in [0.05, 0.1) is 12.0 Å². The topological polar surface area (TPSA) is 75.7 Å². The molecular weight excluding hydrogens is 412 g/mol. The average Bonchev–Trinajstić information content (AvgIpc) is 3.20. The molecule has 1 heterocycles. The van der Waals surface area contributed by atoms with Gasteiger partial charge < -0.3 is 9.64 Å². The Balaban J connectivity index is 1.51. The number of sulfonamides is 1. The highest BCUT2D eigenvalue weighted by atomic mass is 32.2. The number of carbonyl (C=O) groups excluding carboxylic acids is 1. The van der Waals surface area contributed by atoms with E-state index in [1.165, 1.54) is 19.2 Å². The van der Waals surface area contributed by atoms with Gasteiger partial charge in [0.15, 0.2) is 0 Å². The number of aryl methyl sites for hydroxylation is 1. The summed E-state index contributed by atoms with van der Waals surface area (Å²) in [4.78, 5) is 15.0. The second-order valence-electron chi connectivity index (χ2n) is 7.54. The predicted octanol–water partition coefficient (Wildman–Crippen LogP) is 3.69. The van der Waals surface area contributed by atoms with Gasteiger partial charge in [-0.2, -0.15) is 0 Å². The number of hydrogen-bond donors (Lipinski definition) is 1. The summed E-state index contributed by atoms with van der Waals surface area (Å²) in [6.45, 7) is 2.71. The quantitative estimate of drug-likeness (QED) is 0.640. The van der Waals surface area contributed by atoms with E-state index in [0.717, 1.165) is 28.8 Å². The van der Waals surface area contributed by atoms with Gasteiger partial charge in [0.1, 0.15) is 5.75 Å². The van der Waals surface area contributed by atoms with Crippen LogP contribution in [0, 0.1) is 6.92 Å². The maximum absolute atomic E-state index is 13.0. The van der Waals surface area contributed by atoms with Crippen LogP contribution in [0.3, 0.4) is 0 Å². The van der Waals surface area contributed by atoms with Gasteiger partial charge >= 0.3 is 0 Å². The zero-order chi connectivity index (χ0) is 22.0. The number of methoxy groups -OCH3 is 1. The Morgan fingerprint density at radius 2 is 1.84 bits per heavy atom. The summed E-state index contributed by atoms with van der Waals surface area (Å²) in [6.07, 6.45) is 0.782. The van der Waals surface area contributed by atoms with E-state index in [0.29, 0.717) is 17.9 Å². The van der Waals surface area contributed by atoms with Gasteiger partial charge in [-0.25, -0.2) is 13.1 Å². The molecule has 1 aliphatic rings. The average molecular weight is 437 g/mol. The number of hydrogen-bond acceptors (Lipinski definition) is 4. The van der Waals surface area contributed by atoms with E-state index in [2.05, 4.69) is 4.72 Å². The first-order valence-electron chi connectivity index (χ1n) is 10.0. The molecule has 1 amide bonds. The normalized spacial score (nSPS) is 13.2. The molecule has 0 aliphatic carbocycles. The lowest BCUT2D eigenvalue weighted by molar-refractivity contribution is 0.0989.